The van der Waals surface area contributed by atoms with Crippen LogP contribution in [-0.2, 0) is 14.3 Å². The highest BCUT2D eigenvalue weighted by Crippen LogP contribution is 2.54. The maximum atomic E-state index is 13.4. The largest absolute Gasteiger partial charge is 0.481 e. The molecule has 3 atom stereocenters. The second-order valence-electron chi connectivity index (χ2n) is 8.92. The summed E-state index contributed by atoms with van der Waals surface area (Å²) in [5.74, 6) is -8.80. The monoisotopic (exact) mass is 472 g/mol. The van der Waals surface area contributed by atoms with Gasteiger partial charge in [-0.3, -0.25) is 9.59 Å². The van der Waals surface area contributed by atoms with E-state index in [1.165, 1.54) is 0 Å². The van der Waals surface area contributed by atoms with Gasteiger partial charge in [-0.15, -0.1) is 0 Å². The van der Waals surface area contributed by atoms with Gasteiger partial charge in [0.15, 0.2) is 0 Å². The molecule has 34 heavy (non-hydrogen) atoms. The number of hydrogen-bond donors (Lipinski definition) is 3. The van der Waals surface area contributed by atoms with E-state index in [0.29, 0.717) is 0 Å². The van der Waals surface area contributed by atoms with E-state index in [1.807, 2.05) is 48.5 Å². The Morgan fingerprint density at radius 3 is 2.18 bits per heavy atom. The minimum Gasteiger partial charge on any atom is -0.481 e. The third-order valence-corrected chi connectivity index (χ3v) is 6.46. The number of nitrogens with one attached hydrogen (secondary N) is 2. The first-order chi connectivity index (χ1) is 16.2. The number of carbonyl (C=O) groups is 3. The molecule has 1 saturated carbocycles. The zero-order valence-corrected chi connectivity index (χ0v) is 18.6. The summed E-state index contributed by atoms with van der Waals surface area (Å²) >= 11 is 0. The van der Waals surface area contributed by atoms with Gasteiger partial charge < -0.3 is 20.5 Å². The number of fused-ring (bicyclic) bond motifs is 3. The average molecular weight is 472 g/mol. The lowest BCUT2D eigenvalue weighted by Crippen LogP contribution is -2.33. The number of amides is 2. The lowest BCUT2D eigenvalue weighted by atomic mass is 9.98. The third kappa shape index (κ3) is 4.73. The molecule has 0 aromatic heterocycles. The number of alkyl halides is 2. The SMILES string of the molecule is CC(CNC(=O)OCC1c2ccccc2-c2ccccc21)CC(=O)NC[C@@H]1[C@H](C(=O)O)C1(F)F. The summed E-state index contributed by atoms with van der Waals surface area (Å²) in [5.41, 5.74) is 4.47. The Morgan fingerprint density at radius 2 is 1.62 bits per heavy atom. The molecule has 1 fully saturated rings. The zero-order chi connectivity index (χ0) is 24.5. The van der Waals surface area contributed by atoms with E-state index in [1.54, 1.807) is 6.92 Å². The number of carboxylic acid groups (broad SMARTS) is 1. The Bertz CT molecular complexity index is 1060. The van der Waals surface area contributed by atoms with Crippen LogP contribution in [0.2, 0.25) is 0 Å². The number of alkyl carbamates (subject to hydrolysis) is 1. The Balaban J connectivity index is 1.20. The van der Waals surface area contributed by atoms with Gasteiger partial charge in [-0.05, 0) is 28.2 Å². The van der Waals surface area contributed by atoms with Crippen molar-refractivity contribution in [2.45, 2.75) is 25.2 Å². The van der Waals surface area contributed by atoms with Crippen LogP contribution in [0.25, 0.3) is 11.1 Å². The van der Waals surface area contributed by atoms with Gasteiger partial charge in [-0.2, -0.15) is 0 Å². The van der Waals surface area contributed by atoms with E-state index in [4.69, 9.17) is 9.84 Å². The van der Waals surface area contributed by atoms with Crippen LogP contribution in [-0.4, -0.2) is 48.7 Å². The van der Waals surface area contributed by atoms with Crippen molar-refractivity contribution in [1.82, 2.24) is 10.6 Å². The molecule has 180 valence electrons. The van der Waals surface area contributed by atoms with Crippen LogP contribution in [0.1, 0.15) is 30.4 Å². The molecule has 2 aromatic carbocycles. The summed E-state index contributed by atoms with van der Waals surface area (Å²) < 4.78 is 32.2. The molecule has 0 aliphatic heterocycles. The van der Waals surface area contributed by atoms with Crippen molar-refractivity contribution in [1.29, 1.82) is 0 Å². The van der Waals surface area contributed by atoms with Crippen LogP contribution < -0.4 is 10.6 Å². The van der Waals surface area contributed by atoms with Gasteiger partial charge in [-0.1, -0.05) is 55.5 Å². The van der Waals surface area contributed by atoms with Crippen molar-refractivity contribution in [3.8, 4) is 11.1 Å². The molecule has 4 rings (SSSR count). The topological polar surface area (TPSA) is 105 Å². The van der Waals surface area contributed by atoms with Crippen LogP contribution in [0.4, 0.5) is 13.6 Å². The second kappa shape index (κ2) is 9.40. The fourth-order valence-electron chi connectivity index (χ4n) is 4.57. The van der Waals surface area contributed by atoms with Crippen molar-refractivity contribution < 1.29 is 33.0 Å². The summed E-state index contributed by atoms with van der Waals surface area (Å²) in [4.78, 5) is 35.0. The van der Waals surface area contributed by atoms with Crippen LogP contribution in [0.15, 0.2) is 48.5 Å². The average Bonchev–Trinajstić information content (AvgIpc) is 3.22. The first-order valence-corrected chi connectivity index (χ1v) is 11.2. The van der Waals surface area contributed by atoms with E-state index in [9.17, 15) is 23.2 Å². The van der Waals surface area contributed by atoms with Gasteiger partial charge in [0, 0.05) is 25.4 Å². The number of carbonyl (C=O) groups excluding carboxylic acids is 2. The fraction of sp³-hybridized carbons (Fsp3) is 0.400. The van der Waals surface area contributed by atoms with Gasteiger partial charge >= 0.3 is 12.1 Å². The number of halogens is 2. The molecular weight excluding hydrogens is 446 g/mol. The maximum absolute atomic E-state index is 13.4. The summed E-state index contributed by atoms with van der Waals surface area (Å²) in [6.45, 7) is 1.68. The van der Waals surface area contributed by atoms with E-state index >= 15 is 0 Å². The van der Waals surface area contributed by atoms with Crippen LogP contribution >= 0.6 is 0 Å². The quantitative estimate of drug-likeness (QED) is 0.517. The molecule has 2 amide bonds. The van der Waals surface area contributed by atoms with E-state index in [2.05, 4.69) is 10.6 Å². The Hall–Kier alpha value is -3.49. The van der Waals surface area contributed by atoms with Crippen LogP contribution in [0, 0.1) is 17.8 Å². The predicted octanol–water partition coefficient (Wildman–Crippen LogP) is 3.63. The van der Waals surface area contributed by atoms with Crippen molar-refractivity contribution in [3.05, 3.63) is 59.7 Å². The molecule has 0 spiro atoms. The minimum absolute atomic E-state index is 0.000312. The molecule has 0 heterocycles. The Morgan fingerprint density at radius 1 is 1.03 bits per heavy atom. The normalized spacial score (nSPS) is 20.6. The zero-order valence-electron chi connectivity index (χ0n) is 18.6. The molecule has 2 aliphatic rings. The Kier molecular flexibility index (Phi) is 6.54. The molecule has 2 aliphatic carbocycles. The summed E-state index contributed by atoms with van der Waals surface area (Å²) in [7, 11) is 0. The van der Waals surface area contributed by atoms with Crippen molar-refractivity contribution in [2.24, 2.45) is 17.8 Å². The highest BCUT2D eigenvalue weighted by molar-refractivity contribution is 5.79. The maximum Gasteiger partial charge on any atom is 0.407 e. The standard InChI is InChI=1S/C25H26F2N2O5/c1-14(10-21(30)28-12-20-22(23(31)32)25(20,26)27)11-29-24(33)34-13-19-17-8-4-2-6-15(17)16-7-3-5-9-18(16)19/h2-9,14,19-20,22H,10-13H2,1H3,(H,28,30)(H,29,33)(H,31,32)/t14?,20-,22-/m1/s1. The molecule has 0 bridgehead atoms. The first kappa shape index (κ1) is 23.7. The van der Waals surface area contributed by atoms with Crippen molar-refractivity contribution >= 4 is 18.0 Å². The summed E-state index contributed by atoms with van der Waals surface area (Å²) in [6.07, 6.45) is -0.601. The van der Waals surface area contributed by atoms with Gasteiger partial charge in [0.2, 0.25) is 5.91 Å². The minimum atomic E-state index is -3.30. The van der Waals surface area contributed by atoms with Gasteiger partial charge in [-0.25, -0.2) is 13.6 Å². The molecule has 9 heteroatoms. The number of benzene rings is 2. The predicted molar refractivity (Wildman–Crippen MR) is 119 cm³/mol. The molecule has 3 N–H and O–H groups in total. The second-order valence-corrected chi connectivity index (χ2v) is 8.92. The lowest BCUT2D eigenvalue weighted by Gasteiger charge is -2.16. The number of ether oxygens (including phenoxy) is 1. The van der Waals surface area contributed by atoms with E-state index < -0.39 is 42.3 Å². The highest BCUT2D eigenvalue weighted by Gasteiger charge is 2.72. The lowest BCUT2D eigenvalue weighted by molar-refractivity contribution is -0.141. The molecular formula is C25H26F2N2O5. The molecule has 2 aromatic rings. The van der Waals surface area contributed by atoms with Crippen molar-refractivity contribution in [2.75, 3.05) is 19.7 Å². The Labute approximate surface area is 195 Å². The number of hydrogen-bond acceptors (Lipinski definition) is 4. The smallest absolute Gasteiger partial charge is 0.407 e. The van der Waals surface area contributed by atoms with E-state index in [0.717, 1.165) is 22.3 Å². The third-order valence-electron chi connectivity index (χ3n) is 6.46. The van der Waals surface area contributed by atoms with Crippen LogP contribution in [0.5, 0.6) is 0 Å². The highest BCUT2D eigenvalue weighted by atomic mass is 19.3. The first-order valence-electron chi connectivity index (χ1n) is 11.2. The van der Waals surface area contributed by atoms with Crippen molar-refractivity contribution in [3.63, 3.8) is 0 Å². The number of aliphatic carboxylic acids is 1. The summed E-state index contributed by atoms with van der Waals surface area (Å²) in [6, 6.07) is 16.0. The van der Waals surface area contributed by atoms with Gasteiger partial charge in [0.05, 0.1) is 5.92 Å². The number of carboxylic acids is 1. The summed E-state index contributed by atoms with van der Waals surface area (Å²) in [5, 5.41) is 13.7. The van der Waals surface area contributed by atoms with E-state index in [-0.39, 0.29) is 31.4 Å². The van der Waals surface area contributed by atoms with Gasteiger partial charge in [0.25, 0.3) is 5.92 Å². The fourth-order valence-corrected chi connectivity index (χ4v) is 4.57. The molecule has 0 saturated heterocycles. The molecule has 0 radical (unpaired) electrons. The number of rotatable bonds is 9. The molecule has 7 nitrogen and oxygen atoms in total. The molecule has 1 unspecified atom stereocenters. The van der Waals surface area contributed by atoms with Gasteiger partial charge in [0.1, 0.15) is 12.5 Å². The van der Waals surface area contributed by atoms with Crippen LogP contribution in [0.3, 0.4) is 0 Å².